The van der Waals surface area contributed by atoms with Crippen LogP contribution in [0.15, 0.2) is 29.3 Å². The van der Waals surface area contributed by atoms with Crippen LogP contribution in [0.2, 0.25) is 0 Å². The Bertz CT molecular complexity index is 547. The molecule has 0 atom stereocenters. The molecule has 2 rings (SSSR count). The van der Waals surface area contributed by atoms with Crippen molar-refractivity contribution in [2.75, 3.05) is 30.9 Å². The predicted molar refractivity (Wildman–Crippen MR) is 93.9 cm³/mol. The average Bonchev–Trinajstić information content (AvgIpc) is 2.59. The van der Waals surface area contributed by atoms with Gasteiger partial charge in [0.1, 0.15) is 0 Å². The van der Waals surface area contributed by atoms with E-state index in [4.69, 9.17) is 0 Å². The van der Waals surface area contributed by atoms with Crippen LogP contribution in [0.4, 0.5) is 11.4 Å². The van der Waals surface area contributed by atoms with Crippen molar-refractivity contribution in [2.24, 2.45) is 10.9 Å². The minimum atomic E-state index is 0.179. The first-order chi connectivity index (χ1) is 10.6. The normalized spacial score (nSPS) is 16.5. The van der Waals surface area contributed by atoms with Gasteiger partial charge in [-0.05, 0) is 31.9 Å². The van der Waals surface area contributed by atoms with Crippen molar-refractivity contribution in [3.8, 4) is 0 Å². The van der Waals surface area contributed by atoms with Gasteiger partial charge in [-0.3, -0.25) is 9.79 Å². The smallest absolute Gasteiger partial charge is 0.229 e. The van der Waals surface area contributed by atoms with Gasteiger partial charge in [-0.15, -0.1) is 0 Å². The number of hydrogen-bond acceptors (Lipinski definition) is 2. The quantitative estimate of drug-likeness (QED) is 0.630. The van der Waals surface area contributed by atoms with Gasteiger partial charge in [0.25, 0.3) is 0 Å². The monoisotopic (exact) mass is 301 g/mol. The highest BCUT2D eigenvalue weighted by Crippen LogP contribution is 2.32. The third-order valence-electron chi connectivity index (χ3n) is 4.70. The second kappa shape index (κ2) is 7.43. The van der Waals surface area contributed by atoms with Gasteiger partial charge in [-0.2, -0.15) is 0 Å². The Labute approximate surface area is 133 Å². The maximum Gasteiger partial charge on any atom is 0.229 e. The summed E-state index contributed by atoms with van der Waals surface area (Å²) in [6, 6.07) is 8.02. The molecule has 120 valence electrons. The third-order valence-corrected chi connectivity index (χ3v) is 4.70. The molecular formula is C18H27N3O. The number of anilines is 2. The number of rotatable bonds is 3. The van der Waals surface area contributed by atoms with Crippen molar-refractivity contribution in [1.82, 2.24) is 0 Å². The summed E-state index contributed by atoms with van der Waals surface area (Å²) in [5, 5.41) is 0. The topological polar surface area (TPSA) is 35.9 Å². The Balaban J connectivity index is 2.25. The highest BCUT2D eigenvalue weighted by Gasteiger charge is 2.26. The summed E-state index contributed by atoms with van der Waals surface area (Å²) in [5.74, 6) is 1.34. The molecule has 1 amide bonds. The Morgan fingerprint density at radius 2 is 1.59 bits per heavy atom. The summed E-state index contributed by atoms with van der Waals surface area (Å²) in [6.45, 7) is 1.97. The van der Waals surface area contributed by atoms with E-state index in [1.54, 1.807) is 7.05 Å². The van der Waals surface area contributed by atoms with Crippen LogP contribution in [0.25, 0.3) is 0 Å². The van der Waals surface area contributed by atoms with Crippen LogP contribution in [-0.2, 0) is 4.79 Å². The van der Waals surface area contributed by atoms with Crippen molar-refractivity contribution >= 4 is 23.1 Å². The molecule has 1 aromatic carbocycles. The zero-order chi connectivity index (χ0) is 16.1. The zero-order valence-electron chi connectivity index (χ0n) is 14.2. The number of hydrogen-bond donors (Lipinski definition) is 0. The van der Waals surface area contributed by atoms with Gasteiger partial charge in [-0.25, -0.2) is 0 Å². The molecule has 0 unspecified atom stereocenters. The zero-order valence-corrected chi connectivity index (χ0v) is 14.2. The molecule has 1 aliphatic rings. The van der Waals surface area contributed by atoms with Crippen LogP contribution < -0.4 is 9.80 Å². The molecule has 0 heterocycles. The number of carbonyl (C=O) groups is 1. The molecule has 4 heteroatoms. The van der Waals surface area contributed by atoms with Crippen LogP contribution in [-0.4, -0.2) is 32.9 Å². The molecule has 0 spiro atoms. The first kappa shape index (κ1) is 16.5. The van der Waals surface area contributed by atoms with Crippen LogP contribution in [0, 0.1) is 5.92 Å². The van der Waals surface area contributed by atoms with E-state index >= 15 is 0 Å². The van der Waals surface area contributed by atoms with E-state index in [0.717, 1.165) is 30.1 Å². The Hall–Kier alpha value is -1.84. The molecule has 0 aromatic heterocycles. The lowest BCUT2D eigenvalue weighted by Gasteiger charge is -2.30. The van der Waals surface area contributed by atoms with Crippen molar-refractivity contribution in [3.05, 3.63) is 24.3 Å². The van der Waals surface area contributed by atoms with E-state index in [0.29, 0.717) is 0 Å². The van der Waals surface area contributed by atoms with Gasteiger partial charge in [0.2, 0.25) is 5.91 Å². The molecule has 0 bridgehead atoms. The number of benzene rings is 1. The molecule has 1 aliphatic carbocycles. The van der Waals surface area contributed by atoms with E-state index in [1.165, 1.54) is 19.3 Å². The molecule has 1 saturated carbocycles. The SMILES string of the molecule is CN=C(C)N(C)c1ccccc1N(C)C(=O)C1CCCCC1. The lowest BCUT2D eigenvalue weighted by molar-refractivity contribution is -0.123. The van der Waals surface area contributed by atoms with E-state index in [1.807, 2.05) is 55.1 Å². The van der Waals surface area contributed by atoms with E-state index in [-0.39, 0.29) is 11.8 Å². The second-order valence-electron chi connectivity index (χ2n) is 6.05. The van der Waals surface area contributed by atoms with Gasteiger partial charge in [0.15, 0.2) is 0 Å². The molecule has 0 saturated heterocycles. The lowest BCUT2D eigenvalue weighted by Crippen LogP contribution is -2.35. The molecule has 0 radical (unpaired) electrons. The average molecular weight is 301 g/mol. The van der Waals surface area contributed by atoms with E-state index < -0.39 is 0 Å². The number of aliphatic imine (C=N–C) groups is 1. The summed E-state index contributed by atoms with van der Waals surface area (Å²) >= 11 is 0. The number of amidine groups is 1. The second-order valence-corrected chi connectivity index (χ2v) is 6.05. The van der Waals surface area contributed by atoms with E-state index in [2.05, 4.69) is 4.99 Å². The molecule has 0 N–H and O–H groups in total. The Morgan fingerprint density at radius 1 is 1.05 bits per heavy atom. The fraction of sp³-hybridized carbons (Fsp3) is 0.556. The molecule has 4 nitrogen and oxygen atoms in total. The largest absolute Gasteiger partial charge is 0.332 e. The molecule has 1 aromatic rings. The van der Waals surface area contributed by atoms with Crippen molar-refractivity contribution in [2.45, 2.75) is 39.0 Å². The van der Waals surface area contributed by atoms with Crippen LogP contribution in [0.5, 0.6) is 0 Å². The van der Waals surface area contributed by atoms with Crippen LogP contribution in [0.1, 0.15) is 39.0 Å². The fourth-order valence-electron chi connectivity index (χ4n) is 3.10. The predicted octanol–water partition coefficient (Wildman–Crippen LogP) is 3.71. The standard InChI is InChI=1S/C18H27N3O/c1-14(19-2)20(3)16-12-8-9-13-17(16)21(4)18(22)15-10-6-5-7-11-15/h8-9,12-13,15H,5-7,10-11H2,1-4H3. The number of carbonyl (C=O) groups excluding carboxylic acids is 1. The minimum Gasteiger partial charge on any atom is -0.332 e. The summed E-state index contributed by atoms with van der Waals surface area (Å²) in [5.41, 5.74) is 1.96. The first-order valence-electron chi connectivity index (χ1n) is 8.10. The lowest BCUT2D eigenvalue weighted by atomic mass is 9.88. The minimum absolute atomic E-state index is 0.179. The molecule has 22 heavy (non-hydrogen) atoms. The van der Waals surface area contributed by atoms with Gasteiger partial charge < -0.3 is 9.80 Å². The highest BCUT2D eigenvalue weighted by atomic mass is 16.2. The number of amides is 1. The number of nitrogens with zero attached hydrogens (tertiary/aromatic N) is 3. The van der Waals surface area contributed by atoms with Crippen LogP contribution >= 0.6 is 0 Å². The summed E-state index contributed by atoms with van der Waals surface area (Å²) in [4.78, 5) is 20.9. The highest BCUT2D eigenvalue weighted by molar-refractivity contribution is 6.03. The number of para-hydroxylation sites is 2. The Kier molecular flexibility index (Phi) is 5.58. The first-order valence-corrected chi connectivity index (χ1v) is 8.10. The summed E-state index contributed by atoms with van der Waals surface area (Å²) in [6.07, 6.45) is 5.66. The van der Waals surface area contributed by atoms with Gasteiger partial charge in [0.05, 0.1) is 17.2 Å². The fourth-order valence-corrected chi connectivity index (χ4v) is 3.10. The molecule has 1 fully saturated rings. The summed E-state index contributed by atoms with van der Waals surface area (Å²) < 4.78 is 0. The third kappa shape index (κ3) is 3.49. The Morgan fingerprint density at radius 3 is 2.14 bits per heavy atom. The van der Waals surface area contributed by atoms with Crippen LogP contribution in [0.3, 0.4) is 0 Å². The molecule has 0 aliphatic heterocycles. The van der Waals surface area contributed by atoms with Crippen molar-refractivity contribution < 1.29 is 4.79 Å². The molecular weight excluding hydrogens is 274 g/mol. The van der Waals surface area contributed by atoms with Crippen molar-refractivity contribution in [3.63, 3.8) is 0 Å². The van der Waals surface area contributed by atoms with Crippen molar-refractivity contribution in [1.29, 1.82) is 0 Å². The van der Waals surface area contributed by atoms with Gasteiger partial charge >= 0.3 is 0 Å². The maximum atomic E-state index is 12.8. The summed E-state index contributed by atoms with van der Waals surface area (Å²) in [7, 11) is 5.66. The van der Waals surface area contributed by atoms with E-state index in [9.17, 15) is 4.79 Å². The maximum absolute atomic E-state index is 12.8. The van der Waals surface area contributed by atoms with Gasteiger partial charge in [0, 0.05) is 27.1 Å². The van der Waals surface area contributed by atoms with Gasteiger partial charge in [-0.1, -0.05) is 31.4 Å².